The Morgan fingerprint density at radius 1 is 0.160 bits per heavy atom. The second-order valence-electron chi connectivity index (χ2n) is 14.1. The summed E-state index contributed by atoms with van der Waals surface area (Å²) in [5.41, 5.74) is 0. The quantitative estimate of drug-likeness (QED) is 0.0426. The van der Waals surface area contributed by atoms with Gasteiger partial charge in [0.15, 0.2) is 0 Å². The fourth-order valence-corrected chi connectivity index (χ4v) is 5.85. The average molecular weight is 713 g/mol. The molecule has 0 bridgehead atoms. The van der Waals surface area contributed by atoms with Crippen molar-refractivity contribution >= 4 is 0 Å². The van der Waals surface area contributed by atoms with E-state index in [9.17, 15) is 0 Å². The maximum absolute atomic E-state index is 3.62. The highest BCUT2D eigenvalue weighted by atomic mass is 14.9. The number of unbranched alkanes of at least 4 members (excludes halogenated alkanes) is 9. The van der Waals surface area contributed by atoms with Crippen LogP contribution in [0.2, 0.25) is 0 Å². The lowest BCUT2D eigenvalue weighted by atomic mass is 10.2. The average Bonchev–Trinajstić information content (AvgIpc) is 3.13. The first kappa shape index (κ1) is 49.6. The van der Waals surface area contributed by atoms with Gasteiger partial charge in [0.05, 0.1) is 0 Å². The molecule has 0 aliphatic rings. The summed E-state index contributed by atoms with van der Waals surface area (Å²) in [5, 5.41) is 35.6. The van der Waals surface area contributed by atoms with Gasteiger partial charge in [-0.25, -0.2) is 0 Å². The van der Waals surface area contributed by atoms with Gasteiger partial charge in [0, 0.05) is 0 Å². The van der Waals surface area contributed by atoms with Crippen LogP contribution in [0.3, 0.4) is 0 Å². The van der Waals surface area contributed by atoms with Gasteiger partial charge in [-0.1, -0.05) is 13.8 Å². The molecule has 0 unspecified atom stereocenters. The van der Waals surface area contributed by atoms with E-state index in [0.29, 0.717) is 0 Å². The number of rotatable bonds is 47. The van der Waals surface area contributed by atoms with Gasteiger partial charge >= 0.3 is 0 Å². The minimum absolute atomic E-state index is 1.09. The van der Waals surface area contributed by atoms with E-state index in [-0.39, 0.29) is 0 Å². The van der Waals surface area contributed by atoms with Gasteiger partial charge in [0.1, 0.15) is 0 Å². The van der Waals surface area contributed by atoms with Crippen molar-refractivity contribution in [3.8, 4) is 0 Å². The van der Waals surface area contributed by atoms with Crippen molar-refractivity contribution in [3.05, 3.63) is 0 Å². The Hall–Kier alpha value is -0.400. The molecule has 302 valence electrons. The van der Waals surface area contributed by atoms with Crippen LogP contribution < -0.4 is 53.2 Å². The highest BCUT2D eigenvalue weighted by Crippen LogP contribution is 1.93. The van der Waals surface area contributed by atoms with Crippen molar-refractivity contribution in [2.45, 2.75) is 129 Å². The number of hydrogen-bond donors (Lipinski definition) is 10. The normalized spacial score (nSPS) is 11.6. The molecule has 0 atom stereocenters. The maximum Gasteiger partial charge on any atom is -0.00484 e. The Morgan fingerprint density at radius 2 is 0.260 bits per heavy atom. The van der Waals surface area contributed by atoms with Crippen LogP contribution >= 0.6 is 0 Å². The molecule has 0 heterocycles. The SMILES string of the molecule is CCNCCCCNCCCCNCCCCNCCCCNCCCCNCCCCNCCCCNCCCCNCCCCNCC. The molecule has 0 saturated heterocycles. The Labute approximate surface area is 312 Å². The van der Waals surface area contributed by atoms with E-state index < -0.39 is 0 Å². The van der Waals surface area contributed by atoms with Crippen molar-refractivity contribution in [3.63, 3.8) is 0 Å². The Morgan fingerprint density at radius 3 is 0.360 bits per heavy atom. The number of nitrogens with one attached hydrogen (secondary N) is 10. The topological polar surface area (TPSA) is 120 Å². The summed E-state index contributed by atoms with van der Waals surface area (Å²) < 4.78 is 0. The summed E-state index contributed by atoms with van der Waals surface area (Å²) in [5.74, 6) is 0. The molecule has 0 aromatic rings. The second kappa shape index (κ2) is 48.6. The van der Waals surface area contributed by atoms with Crippen LogP contribution in [0, 0.1) is 0 Å². The largest absolute Gasteiger partial charge is 0.317 e. The third-order valence-corrected chi connectivity index (χ3v) is 9.11. The van der Waals surface area contributed by atoms with Crippen LogP contribution in [-0.4, -0.2) is 131 Å². The summed E-state index contributed by atoms with van der Waals surface area (Å²) in [7, 11) is 0. The smallest absolute Gasteiger partial charge is 0.00484 e. The molecule has 0 aliphatic heterocycles. The molecule has 0 aliphatic carbocycles. The highest BCUT2D eigenvalue weighted by molar-refractivity contribution is 4.59. The molecule has 0 spiro atoms. The third kappa shape index (κ3) is 47.6. The summed E-state index contributed by atoms with van der Waals surface area (Å²) in [4.78, 5) is 0. The Balaban J connectivity index is 3.04. The molecule has 0 aromatic carbocycles. The maximum atomic E-state index is 3.62. The lowest BCUT2D eigenvalue weighted by molar-refractivity contribution is 0.527. The summed E-state index contributed by atoms with van der Waals surface area (Å²) in [6, 6.07) is 0. The van der Waals surface area contributed by atoms with Crippen molar-refractivity contribution in [2.24, 2.45) is 0 Å². The van der Waals surface area contributed by atoms with E-state index in [1.165, 1.54) is 116 Å². The summed E-state index contributed by atoms with van der Waals surface area (Å²) >= 11 is 0. The molecule has 10 nitrogen and oxygen atoms in total. The predicted octanol–water partition coefficient (Wildman–Crippen LogP) is 3.94. The van der Waals surface area contributed by atoms with Crippen LogP contribution in [0.4, 0.5) is 0 Å². The Bertz CT molecular complexity index is 524. The van der Waals surface area contributed by atoms with Crippen LogP contribution in [0.15, 0.2) is 0 Å². The van der Waals surface area contributed by atoms with Gasteiger partial charge in [-0.15, -0.1) is 0 Å². The molecule has 0 radical (unpaired) electrons. The first-order valence-corrected chi connectivity index (χ1v) is 22.0. The lowest BCUT2D eigenvalue weighted by Crippen LogP contribution is -2.23. The minimum atomic E-state index is 1.09. The molecule has 10 heteroatoms. The minimum Gasteiger partial charge on any atom is -0.317 e. The van der Waals surface area contributed by atoms with E-state index in [1.54, 1.807) is 0 Å². The van der Waals surface area contributed by atoms with Crippen LogP contribution in [0.1, 0.15) is 129 Å². The van der Waals surface area contributed by atoms with Crippen LogP contribution in [-0.2, 0) is 0 Å². The van der Waals surface area contributed by atoms with Gasteiger partial charge in [0.2, 0.25) is 0 Å². The third-order valence-electron chi connectivity index (χ3n) is 9.11. The molecule has 0 aromatic heterocycles. The molecular weight excluding hydrogens is 621 g/mol. The zero-order valence-corrected chi connectivity index (χ0v) is 33.9. The zero-order valence-electron chi connectivity index (χ0n) is 33.9. The van der Waals surface area contributed by atoms with Crippen molar-refractivity contribution in [2.75, 3.05) is 131 Å². The monoisotopic (exact) mass is 713 g/mol. The molecular formula is C40H92N10. The first-order chi connectivity index (χ1) is 24.9. The van der Waals surface area contributed by atoms with Crippen molar-refractivity contribution in [1.82, 2.24) is 53.2 Å². The van der Waals surface area contributed by atoms with Crippen molar-refractivity contribution in [1.29, 1.82) is 0 Å². The van der Waals surface area contributed by atoms with E-state index >= 15 is 0 Å². The van der Waals surface area contributed by atoms with E-state index in [4.69, 9.17) is 0 Å². The molecule has 0 fully saturated rings. The zero-order chi connectivity index (χ0) is 35.9. The molecule has 0 saturated carbocycles. The second-order valence-corrected chi connectivity index (χ2v) is 14.1. The fourth-order valence-electron chi connectivity index (χ4n) is 5.85. The Kier molecular flexibility index (Phi) is 48.2. The van der Waals surface area contributed by atoms with E-state index in [0.717, 1.165) is 131 Å². The van der Waals surface area contributed by atoms with Gasteiger partial charge in [-0.2, -0.15) is 0 Å². The predicted molar refractivity (Wildman–Crippen MR) is 223 cm³/mol. The van der Waals surface area contributed by atoms with Crippen LogP contribution in [0.5, 0.6) is 0 Å². The fraction of sp³-hybridized carbons (Fsp3) is 1.00. The highest BCUT2D eigenvalue weighted by Gasteiger charge is 1.96. The first-order valence-electron chi connectivity index (χ1n) is 22.0. The van der Waals surface area contributed by atoms with Crippen LogP contribution in [0.25, 0.3) is 0 Å². The molecule has 0 rings (SSSR count). The molecule has 0 amide bonds. The molecule has 10 N–H and O–H groups in total. The standard InChI is InChI=1S/C40H92N10/c1-3-41-23-5-7-25-43-27-9-11-29-45-31-13-15-33-47-35-17-19-37-49-39-21-22-40-50-38-20-18-36-48-34-16-14-32-46-30-12-10-28-44-26-8-6-24-42-4-2/h41-50H,3-40H2,1-2H3. The van der Waals surface area contributed by atoms with Gasteiger partial charge in [-0.3, -0.25) is 0 Å². The van der Waals surface area contributed by atoms with Gasteiger partial charge in [-0.05, 0) is 246 Å². The molecule has 50 heavy (non-hydrogen) atoms. The number of hydrogen-bond acceptors (Lipinski definition) is 10. The van der Waals surface area contributed by atoms with Gasteiger partial charge in [0.25, 0.3) is 0 Å². The van der Waals surface area contributed by atoms with Gasteiger partial charge < -0.3 is 53.2 Å². The summed E-state index contributed by atoms with van der Waals surface area (Å²) in [6.07, 6.45) is 23.0. The summed E-state index contributed by atoms with van der Waals surface area (Å²) in [6.45, 7) is 27.4. The van der Waals surface area contributed by atoms with Crippen molar-refractivity contribution < 1.29 is 0 Å². The van der Waals surface area contributed by atoms with E-state index in [1.807, 2.05) is 0 Å². The van der Waals surface area contributed by atoms with E-state index in [2.05, 4.69) is 67.0 Å². The lowest BCUT2D eigenvalue weighted by Gasteiger charge is -2.08.